The molecule has 160 valence electrons. The molecule has 1 aliphatic rings. The minimum absolute atomic E-state index is 0.105. The Kier molecular flexibility index (Phi) is 7.12. The maximum absolute atomic E-state index is 12.7. The molecule has 1 N–H and O–H groups in total. The van der Waals surface area contributed by atoms with E-state index < -0.39 is 20.9 Å². The Balaban J connectivity index is 1.60. The normalized spacial score (nSPS) is 15.7. The third kappa shape index (κ3) is 5.57. The van der Waals surface area contributed by atoms with Crippen molar-refractivity contribution in [3.63, 3.8) is 0 Å². The van der Waals surface area contributed by atoms with E-state index in [-0.39, 0.29) is 41.1 Å². The van der Waals surface area contributed by atoms with E-state index in [1.807, 2.05) is 6.07 Å². The predicted octanol–water partition coefficient (Wildman–Crippen LogP) is 4.19. The van der Waals surface area contributed by atoms with Crippen molar-refractivity contribution in [1.29, 1.82) is 0 Å². The second-order valence-corrected chi connectivity index (χ2v) is 10.3. The third-order valence-electron chi connectivity index (χ3n) is 4.87. The summed E-state index contributed by atoms with van der Waals surface area (Å²) in [5.41, 5.74) is 0.674. The molecule has 0 unspecified atom stereocenters. The number of nitrogens with zero attached hydrogens (tertiary/aromatic N) is 2. The van der Waals surface area contributed by atoms with Crippen molar-refractivity contribution >= 4 is 54.8 Å². The van der Waals surface area contributed by atoms with Gasteiger partial charge in [-0.05, 0) is 36.6 Å². The molecular weight excluding hydrogens is 498 g/mol. The van der Waals surface area contributed by atoms with Crippen LogP contribution in [0.1, 0.15) is 18.4 Å². The highest BCUT2D eigenvalue weighted by Crippen LogP contribution is 2.29. The number of hydrogen-bond donors (Lipinski definition) is 1. The number of non-ortho nitro benzene ring substituents is 1. The standard InChI is InChI=1S/C19H19BrClN3O5S/c20-15-3-1-2-13(10-15)12-30(28,29)23-8-6-14(7-9-23)19(25)22-18-11-16(24(26)27)4-5-17(18)21/h1-5,10-11,14H,6-9,12H2,(H,22,25). The van der Waals surface area contributed by atoms with Crippen LogP contribution in [0.2, 0.25) is 5.02 Å². The molecule has 11 heteroatoms. The first-order valence-corrected chi connectivity index (χ1v) is 11.9. The fraction of sp³-hybridized carbons (Fsp3) is 0.316. The quantitative estimate of drug-likeness (QED) is 0.457. The van der Waals surface area contributed by atoms with Crippen molar-refractivity contribution in [2.45, 2.75) is 18.6 Å². The first-order valence-electron chi connectivity index (χ1n) is 9.13. The molecule has 0 aromatic heterocycles. The Labute approximate surface area is 187 Å². The van der Waals surface area contributed by atoms with Gasteiger partial charge >= 0.3 is 0 Å². The average Bonchev–Trinajstić information content (AvgIpc) is 2.69. The van der Waals surface area contributed by atoms with Crippen LogP contribution in [0, 0.1) is 16.0 Å². The fourth-order valence-corrected chi connectivity index (χ4v) is 5.44. The number of amides is 1. The number of piperidine rings is 1. The number of carbonyl (C=O) groups excluding carboxylic acids is 1. The minimum atomic E-state index is -3.50. The molecule has 1 amide bonds. The van der Waals surface area contributed by atoms with Crippen molar-refractivity contribution in [2.24, 2.45) is 5.92 Å². The van der Waals surface area contributed by atoms with Gasteiger partial charge in [0.15, 0.2) is 0 Å². The number of benzene rings is 2. The number of halogens is 2. The predicted molar refractivity (Wildman–Crippen MR) is 118 cm³/mol. The molecular formula is C19H19BrClN3O5S. The van der Waals surface area contributed by atoms with Crippen molar-refractivity contribution in [3.05, 3.63) is 67.6 Å². The summed E-state index contributed by atoms with van der Waals surface area (Å²) < 4.78 is 27.6. The lowest BCUT2D eigenvalue weighted by atomic mass is 9.97. The zero-order valence-corrected chi connectivity index (χ0v) is 18.9. The summed E-state index contributed by atoms with van der Waals surface area (Å²) in [7, 11) is -3.50. The summed E-state index contributed by atoms with van der Waals surface area (Å²) >= 11 is 9.36. The lowest BCUT2D eigenvalue weighted by molar-refractivity contribution is -0.384. The molecule has 1 aliphatic heterocycles. The first-order chi connectivity index (χ1) is 14.2. The van der Waals surface area contributed by atoms with Crippen molar-refractivity contribution < 1.29 is 18.1 Å². The number of anilines is 1. The van der Waals surface area contributed by atoms with Crippen LogP contribution in [-0.4, -0.2) is 36.6 Å². The molecule has 0 radical (unpaired) electrons. The second kappa shape index (κ2) is 9.42. The van der Waals surface area contributed by atoms with E-state index in [2.05, 4.69) is 21.2 Å². The van der Waals surface area contributed by atoms with Gasteiger partial charge in [0.2, 0.25) is 15.9 Å². The summed E-state index contributed by atoms with van der Waals surface area (Å²) in [6.45, 7) is 0.466. The van der Waals surface area contributed by atoms with Gasteiger partial charge in [-0.2, -0.15) is 0 Å². The van der Waals surface area contributed by atoms with Crippen LogP contribution in [0.5, 0.6) is 0 Å². The van der Waals surface area contributed by atoms with Crippen LogP contribution in [0.15, 0.2) is 46.9 Å². The van der Waals surface area contributed by atoms with Gasteiger partial charge in [-0.25, -0.2) is 12.7 Å². The molecule has 2 aromatic carbocycles. The number of hydrogen-bond acceptors (Lipinski definition) is 5. The topological polar surface area (TPSA) is 110 Å². The zero-order valence-electron chi connectivity index (χ0n) is 15.8. The maximum atomic E-state index is 12.7. The zero-order chi connectivity index (χ0) is 21.9. The number of nitro benzene ring substituents is 1. The molecule has 0 aliphatic carbocycles. The Hall–Kier alpha value is -2.01. The van der Waals surface area contributed by atoms with E-state index in [1.165, 1.54) is 22.5 Å². The summed E-state index contributed by atoms with van der Waals surface area (Å²) in [6.07, 6.45) is 0.714. The van der Waals surface area contributed by atoms with Crippen LogP contribution in [-0.2, 0) is 20.6 Å². The van der Waals surface area contributed by atoms with Crippen molar-refractivity contribution in [3.8, 4) is 0 Å². The second-order valence-electron chi connectivity index (χ2n) is 6.97. The molecule has 1 fully saturated rings. The Morgan fingerprint density at radius 2 is 1.93 bits per heavy atom. The lowest BCUT2D eigenvalue weighted by Crippen LogP contribution is -2.41. The number of nitro groups is 1. The van der Waals surface area contributed by atoms with E-state index in [0.717, 1.165) is 4.47 Å². The summed E-state index contributed by atoms with van der Waals surface area (Å²) in [5.74, 6) is -0.842. The van der Waals surface area contributed by atoms with Gasteiger partial charge in [0.25, 0.3) is 5.69 Å². The smallest absolute Gasteiger partial charge is 0.271 e. The summed E-state index contributed by atoms with van der Waals surface area (Å²) in [5, 5.41) is 13.7. The molecule has 0 bridgehead atoms. The van der Waals surface area contributed by atoms with E-state index in [4.69, 9.17) is 11.6 Å². The third-order valence-corrected chi connectivity index (χ3v) is 7.55. The van der Waals surface area contributed by atoms with Crippen molar-refractivity contribution in [2.75, 3.05) is 18.4 Å². The Morgan fingerprint density at radius 3 is 2.57 bits per heavy atom. The molecule has 2 aromatic rings. The number of rotatable bonds is 6. The highest BCUT2D eigenvalue weighted by molar-refractivity contribution is 9.10. The van der Waals surface area contributed by atoms with Gasteiger partial charge in [0.1, 0.15) is 0 Å². The molecule has 0 atom stereocenters. The molecule has 1 saturated heterocycles. The van der Waals surface area contributed by atoms with Gasteiger partial charge < -0.3 is 5.32 Å². The Morgan fingerprint density at radius 1 is 1.23 bits per heavy atom. The van der Waals surface area contributed by atoms with Crippen LogP contribution >= 0.6 is 27.5 Å². The average molecular weight is 517 g/mol. The Bertz CT molecular complexity index is 1070. The van der Waals surface area contributed by atoms with Gasteiger partial charge in [-0.3, -0.25) is 14.9 Å². The van der Waals surface area contributed by atoms with E-state index in [9.17, 15) is 23.3 Å². The van der Waals surface area contributed by atoms with Gasteiger partial charge in [-0.15, -0.1) is 0 Å². The molecule has 0 spiro atoms. The van der Waals surface area contributed by atoms with Crippen molar-refractivity contribution in [1.82, 2.24) is 4.31 Å². The summed E-state index contributed by atoms with van der Waals surface area (Å²) in [6, 6.07) is 10.9. The monoisotopic (exact) mass is 515 g/mol. The van der Waals surface area contributed by atoms with Gasteiger partial charge in [0.05, 0.1) is 21.4 Å². The molecule has 30 heavy (non-hydrogen) atoms. The SMILES string of the molecule is O=C(Nc1cc([N+](=O)[O-])ccc1Cl)C1CCN(S(=O)(=O)Cc2cccc(Br)c2)CC1. The van der Waals surface area contributed by atoms with E-state index in [1.54, 1.807) is 18.2 Å². The maximum Gasteiger partial charge on any atom is 0.271 e. The number of nitrogens with one attached hydrogen (secondary N) is 1. The van der Waals surface area contributed by atoms with Crippen LogP contribution in [0.4, 0.5) is 11.4 Å². The lowest BCUT2D eigenvalue weighted by Gasteiger charge is -2.30. The van der Waals surface area contributed by atoms with Crippen LogP contribution < -0.4 is 5.32 Å². The first kappa shape index (κ1) is 22.7. The molecule has 0 saturated carbocycles. The molecule has 3 rings (SSSR count). The highest BCUT2D eigenvalue weighted by Gasteiger charge is 2.31. The fourth-order valence-electron chi connectivity index (χ4n) is 3.28. The highest BCUT2D eigenvalue weighted by atomic mass is 79.9. The van der Waals surface area contributed by atoms with Crippen LogP contribution in [0.25, 0.3) is 0 Å². The number of carbonyl (C=O) groups is 1. The van der Waals surface area contributed by atoms with Gasteiger partial charge in [-0.1, -0.05) is 39.7 Å². The van der Waals surface area contributed by atoms with Crippen LogP contribution in [0.3, 0.4) is 0 Å². The molecule has 1 heterocycles. The van der Waals surface area contributed by atoms with E-state index >= 15 is 0 Å². The van der Waals surface area contributed by atoms with E-state index in [0.29, 0.717) is 18.4 Å². The molecule has 8 nitrogen and oxygen atoms in total. The summed E-state index contributed by atoms with van der Waals surface area (Å²) in [4.78, 5) is 22.9. The van der Waals surface area contributed by atoms with Gasteiger partial charge in [0, 0.05) is 35.6 Å². The largest absolute Gasteiger partial charge is 0.324 e. The minimum Gasteiger partial charge on any atom is -0.324 e. The number of sulfonamides is 1.